The monoisotopic (exact) mass is 165 g/mol. The van der Waals surface area contributed by atoms with E-state index in [1.54, 1.807) is 0 Å². The fourth-order valence-electron chi connectivity index (χ4n) is 0.481. The van der Waals surface area contributed by atoms with Crippen molar-refractivity contribution < 1.29 is 9.90 Å². The van der Waals surface area contributed by atoms with E-state index in [1.165, 1.54) is 24.3 Å². The van der Waals surface area contributed by atoms with Gasteiger partial charge in [0.2, 0.25) is 0 Å². The molecule has 3 heteroatoms. The molecule has 0 aliphatic carbocycles. The van der Waals surface area contributed by atoms with E-state index in [2.05, 4.69) is 13.2 Å². The molecular weight excluding hydrogens is 154 g/mol. The van der Waals surface area contributed by atoms with Crippen molar-refractivity contribution >= 4 is 5.97 Å². The first-order valence-corrected chi connectivity index (χ1v) is 3.27. The van der Waals surface area contributed by atoms with Crippen LogP contribution in [-0.2, 0) is 4.79 Å². The third kappa shape index (κ3) is 3.41. The summed E-state index contributed by atoms with van der Waals surface area (Å²) in [7, 11) is 0. The number of carboxylic acid groups (broad SMARTS) is 1. The smallest absolute Gasteiger partial charge is 0.335 e. The van der Waals surface area contributed by atoms with Crippen LogP contribution in [0.5, 0.6) is 0 Å². The van der Waals surface area contributed by atoms with E-state index in [0.29, 0.717) is 5.70 Å². The maximum absolute atomic E-state index is 10.4. The van der Waals surface area contributed by atoms with Gasteiger partial charge in [-0.25, -0.2) is 4.79 Å². The SMILES string of the molecule is C=C/C(N)=C\C=C(/C=C)C(=O)O. The summed E-state index contributed by atoms with van der Waals surface area (Å²) < 4.78 is 0. The minimum Gasteiger partial charge on any atom is -0.478 e. The lowest BCUT2D eigenvalue weighted by Gasteiger charge is -1.91. The van der Waals surface area contributed by atoms with Crippen molar-refractivity contribution in [2.75, 3.05) is 0 Å². The Hall–Kier alpha value is -1.77. The highest BCUT2D eigenvalue weighted by atomic mass is 16.4. The molecular formula is C9H11NO2. The Bertz CT molecular complexity index is 262. The minimum atomic E-state index is -1.03. The molecule has 0 heterocycles. The summed E-state index contributed by atoms with van der Waals surface area (Å²) in [4.78, 5) is 10.4. The van der Waals surface area contributed by atoms with Crippen LogP contribution >= 0.6 is 0 Å². The van der Waals surface area contributed by atoms with E-state index < -0.39 is 5.97 Å². The normalized spacial score (nSPS) is 12.3. The third-order valence-corrected chi connectivity index (χ3v) is 1.16. The van der Waals surface area contributed by atoms with Gasteiger partial charge in [0, 0.05) is 5.70 Å². The average Bonchev–Trinajstić information content (AvgIpc) is 2.04. The van der Waals surface area contributed by atoms with Crippen molar-refractivity contribution in [3.63, 3.8) is 0 Å². The summed E-state index contributed by atoms with van der Waals surface area (Å²) in [6.45, 7) is 6.75. The van der Waals surface area contributed by atoms with Crippen molar-refractivity contribution in [2.24, 2.45) is 5.73 Å². The highest BCUT2D eigenvalue weighted by Crippen LogP contribution is 1.97. The highest BCUT2D eigenvalue weighted by Gasteiger charge is 1.98. The van der Waals surface area contributed by atoms with Crippen molar-refractivity contribution in [3.8, 4) is 0 Å². The molecule has 0 rings (SSSR count). The molecule has 0 aliphatic heterocycles. The summed E-state index contributed by atoms with van der Waals surface area (Å²) in [5.41, 5.74) is 5.86. The van der Waals surface area contributed by atoms with Crippen molar-refractivity contribution in [2.45, 2.75) is 0 Å². The number of carboxylic acids is 1. The minimum absolute atomic E-state index is 0.0970. The predicted molar refractivity (Wildman–Crippen MR) is 48.4 cm³/mol. The van der Waals surface area contributed by atoms with Gasteiger partial charge in [0.25, 0.3) is 0 Å². The Morgan fingerprint density at radius 3 is 2.17 bits per heavy atom. The molecule has 64 valence electrons. The van der Waals surface area contributed by atoms with Gasteiger partial charge in [0.05, 0.1) is 5.57 Å². The van der Waals surface area contributed by atoms with Gasteiger partial charge in [-0.2, -0.15) is 0 Å². The van der Waals surface area contributed by atoms with Crippen LogP contribution in [0.3, 0.4) is 0 Å². The number of allylic oxidation sites excluding steroid dienone is 3. The first kappa shape index (κ1) is 10.2. The molecule has 12 heavy (non-hydrogen) atoms. The number of hydrogen-bond donors (Lipinski definition) is 2. The second-order valence-electron chi connectivity index (χ2n) is 2.00. The van der Waals surface area contributed by atoms with Gasteiger partial charge < -0.3 is 10.8 Å². The number of carbonyl (C=O) groups is 1. The van der Waals surface area contributed by atoms with E-state index in [0.717, 1.165) is 0 Å². The largest absolute Gasteiger partial charge is 0.478 e. The van der Waals surface area contributed by atoms with Crippen molar-refractivity contribution in [3.05, 3.63) is 48.7 Å². The van der Waals surface area contributed by atoms with E-state index in [-0.39, 0.29) is 5.57 Å². The molecule has 0 saturated carbocycles. The maximum Gasteiger partial charge on any atom is 0.335 e. The predicted octanol–water partition coefficient (Wildman–Crippen LogP) is 1.21. The summed E-state index contributed by atoms with van der Waals surface area (Å²) in [6.07, 6.45) is 5.50. The summed E-state index contributed by atoms with van der Waals surface area (Å²) in [6, 6.07) is 0. The Morgan fingerprint density at radius 2 is 1.83 bits per heavy atom. The summed E-state index contributed by atoms with van der Waals surface area (Å²) in [5, 5.41) is 8.52. The molecule has 0 spiro atoms. The number of hydrogen-bond acceptors (Lipinski definition) is 2. The van der Waals surface area contributed by atoms with Crippen LogP contribution in [0, 0.1) is 0 Å². The molecule has 0 aromatic carbocycles. The van der Waals surface area contributed by atoms with Crippen molar-refractivity contribution in [1.29, 1.82) is 0 Å². The lowest BCUT2D eigenvalue weighted by molar-refractivity contribution is -0.132. The molecule has 0 bridgehead atoms. The topological polar surface area (TPSA) is 63.3 Å². The first-order valence-electron chi connectivity index (χ1n) is 3.27. The quantitative estimate of drug-likeness (QED) is 0.486. The van der Waals surface area contributed by atoms with Crippen LogP contribution < -0.4 is 5.73 Å². The van der Waals surface area contributed by atoms with E-state index >= 15 is 0 Å². The molecule has 0 aromatic heterocycles. The van der Waals surface area contributed by atoms with E-state index in [4.69, 9.17) is 10.8 Å². The Balaban J connectivity index is 4.62. The molecule has 0 atom stereocenters. The fourth-order valence-corrected chi connectivity index (χ4v) is 0.481. The Labute approximate surface area is 71.2 Å². The number of rotatable bonds is 4. The molecule has 3 nitrogen and oxygen atoms in total. The zero-order chi connectivity index (χ0) is 9.56. The molecule has 0 saturated heterocycles. The Kier molecular flexibility index (Phi) is 4.23. The Morgan fingerprint density at radius 1 is 1.25 bits per heavy atom. The van der Waals surface area contributed by atoms with E-state index in [1.807, 2.05) is 0 Å². The van der Waals surface area contributed by atoms with Gasteiger partial charge in [-0.3, -0.25) is 0 Å². The van der Waals surface area contributed by atoms with Gasteiger partial charge in [0.1, 0.15) is 0 Å². The van der Waals surface area contributed by atoms with Crippen LogP contribution in [0.25, 0.3) is 0 Å². The molecule has 0 radical (unpaired) electrons. The van der Waals surface area contributed by atoms with Gasteiger partial charge in [-0.15, -0.1) is 0 Å². The standard InChI is InChI=1S/C9H11NO2/c1-3-7(9(11)12)5-6-8(10)4-2/h3-6H,1-2,10H2,(H,11,12)/b7-5+,8-6+. The van der Waals surface area contributed by atoms with Crippen molar-refractivity contribution in [1.82, 2.24) is 0 Å². The van der Waals surface area contributed by atoms with Crippen LogP contribution in [0.4, 0.5) is 0 Å². The molecule has 0 amide bonds. The van der Waals surface area contributed by atoms with Gasteiger partial charge in [-0.1, -0.05) is 19.2 Å². The van der Waals surface area contributed by atoms with E-state index in [9.17, 15) is 4.79 Å². The fraction of sp³-hybridized carbons (Fsp3) is 0. The van der Waals surface area contributed by atoms with Gasteiger partial charge >= 0.3 is 5.97 Å². The maximum atomic E-state index is 10.4. The summed E-state index contributed by atoms with van der Waals surface area (Å²) in [5.74, 6) is -1.03. The van der Waals surface area contributed by atoms with Gasteiger partial charge in [0.15, 0.2) is 0 Å². The molecule has 0 aromatic rings. The molecule has 0 unspecified atom stereocenters. The number of nitrogens with two attached hydrogens (primary N) is 1. The van der Waals surface area contributed by atoms with Crippen LogP contribution in [0.15, 0.2) is 48.7 Å². The summed E-state index contributed by atoms with van der Waals surface area (Å²) >= 11 is 0. The van der Waals surface area contributed by atoms with Crippen LogP contribution in [0.1, 0.15) is 0 Å². The van der Waals surface area contributed by atoms with Crippen LogP contribution in [-0.4, -0.2) is 11.1 Å². The molecule has 0 aliphatic rings. The second kappa shape index (κ2) is 4.96. The number of aliphatic carboxylic acids is 1. The van der Waals surface area contributed by atoms with Crippen LogP contribution in [0.2, 0.25) is 0 Å². The highest BCUT2D eigenvalue weighted by molar-refractivity contribution is 5.90. The molecule has 0 fully saturated rings. The second-order valence-corrected chi connectivity index (χ2v) is 2.00. The zero-order valence-corrected chi connectivity index (χ0v) is 6.66. The lowest BCUT2D eigenvalue weighted by atomic mass is 10.2. The van der Waals surface area contributed by atoms with Gasteiger partial charge in [-0.05, 0) is 18.2 Å². The molecule has 3 N–H and O–H groups in total. The third-order valence-electron chi connectivity index (χ3n) is 1.16. The zero-order valence-electron chi connectivity index (χ0n) is 6.66. The average molecular weight is 165 g/mol. The lowest BCUT2D eigenvalue weighted by Crippen LogP contribution is -1.97. The first-order chi connectivity index (χ1) is 5.61.